The number of hydrogen-bond donors (Lipinski definition) is 0. The van der Waals surface area contributed by atoms with E-state index in [2.05, 4.69) is 27.7 Å². The van der Waals surface area contributed by atoms with E-state index in [1.807, 2.05) is 6.92 Å². The second-order valence-corrected chi connectivity index (χ2v) is 8.91. The molecular weight excluding hydrogens is 371 g/mol. The van der Waals surface area contributed by atoms with Gasteiger partial charge in [-0.15, -0.1) is 0 Å². The minimum absolute atomic E-state index is 0.142. The van der Waals surface area contributed by atoms with Crippen LogP contribution >= 0.6 is 0 Å². The van der Waals surface area contributed by atoms with Crippen molar-refractivity contribution >= 4 is 21.1 Å². The highest BCUT2D eigenvalue weighted by atomic mass is 27.3. The maximum absolute atomic E-state index is 9.71. The van der Waals surface area contributed by atoms with Crippen molar-refractivity contribution in [2.75, 3.05) is 19.8 Å². The van der Waals surface area contributed by atoms with Gasteiger partial charge >= 0.3 is 21.1 Å². The van der Waals surface area contributed by atoms with Crippen LogP contribution in [0.3, 0.4) is 0 Å². The minimum atomic E-state index is -2.33. The summed E-state index contributed by atoms with van der Waals surface area (Å²) >= 11 is -2.33. The first-order chi connectivity index (χ1) is 13.5. The molecule has 2 unspecified atom stereocenters. The number of hydrogen-bond acceptors (Lipinski definition) is 4. The Labute approximate surface area is 178 Å². The second-order valence-electron chi connectivity index (χ2n) is 7.43. The third-order valence-corrected chi connectivity index (χ3v) is 6.42. The zero-order valence-corrected chi connectivity index (χ0v) is 20.3. The maximum atomic E-state index is 9.71. The monoisotopic (exact) mass is 415 g/mol. The molecule has 5 nitrogen and oxygen atoms in total. The SMILES string of the molecule is CCCCC(CC)C[O][Al]([O]CC(CC)CCCC)[O]/C(C)=C\C(=[OH+])OCC. The van der Waals surface area contributed by atoms with Gasteiger partial charge in [0, 0.05) is 13.2 Å². The lowest BCUT2D eigenvalue weighted by atomic mass is 10.0. The Bertz CT molecular complexity index is 394. The van der Waals surface area contributed by atoms with Crippen molar-refractivity contribution in [1.82, 2.24) is 0 Å². The molecule has 0 radical (unpaired) electrons. The maximum Gasteiger partial charge on any atom is 1.00 e. The van der Waals surface area contributed by atoms with Crippen LogP contribution in [0.4, 0.5) is 0 Å². The average Bonchev–Trinajstić information content (AvgIpc) is 2.67. The summed E-state index contributed by atoms with van der Waals surface area (Å²) in [6.45, 7) is 14.2. The molecule has 0 bridgehead atoms. The topological polar surface area (TPSA) is 58.3 Å². The molecule has 1 N–H and O–H groups in total. The lowest BCUT2D eigenvalue weighted by molar-refractivity contribution is 0.0824. The van der Waals surface area contributed by atoms with Gasteiger partial charge in [0.2, 0.25) is 0 Å². The molecule has 0 saturated heterocycles. The van der Waals surface area contributed by atoms with Crippen molar-refractivity contribution in [3.63, 3.8) is 0 Å². The zero-order valence-electron chi connectivity index (χ0n) is 19.2. The molecule has 28 heavy (non-hydrogen) atoms. The standard InChI is InChI=1S/2C8H17O.C6H10O3.Al/c2*1-3-5-6-8(4-2)7-9;1-3-9-6(8)4-5(2)7;/h2*8H,3-7H2,1-2H3;4,7H,3H2,1-2H3;/q2*-1;;+3/b;;5-4-;. The molecule has 0 rings (SSSR count). The summed E-state index contributed by atoms with van der Waals surface area (Å²) in [7, 11) is 0. The number of carbonyl (C=O) groups excluding carboxylic acids is 1. The van der Waals surface area contributed by atoms with E-state index in [1.54, 1.807) is 6.92 Å². The average molecular weight is 416 g/mol. The van der Waals surface area contributed by atoms with Crippen molar-refractivity contribution in [2.45, 2.75) is 92.9 Å². The molecule has 0 aliphatic rings. The first-order valence-corrected chi connectivity index (χ1v) is 12.7. The van der Waals surface area contributed by atoms with Crippen LogP contribution in [-0.2, 0) is 16.1 Å². The third-order valence-electron chi connectivity index (χ3n) is 4.92. The normalized spacial score (nSPS) is 13.9. The van der Waals surface area contributed by atoms with Crippen LogP contribution < -0.4 is 0 Å². The number of allylic oxidation sites excluding steroid dienone is 1. The summed E-state index contributed by atoms with van der Waals surface area (Å²) in [6, 6.07) is 0. The Kier molecular flexibility index (Phi) is 18.1. The fourth-order valence-corrected chi connectivity index (χ4v) is 4.35. The highest BCUT2D eigenvalue weighted by Gasteiger charge is 2.37. The molecule has 0 heterocycles. The molecule has 0 amide bonds. The van der Waals surface area contributed by atoms with Crippen LogP contribution in [0.25, 0.3) is 0 Å². The number of unbranched alkanes of at least 4 members (excludes halogenated alkanes) is 2. The van der Waals surface area contributed by atoms with Gasteiger partial charge in [-0.25, -0.2) is 0 Å². The fraction of sp³-hybridized carbons (Fsp3) is 0.864. The summed E-state index contributed by atoms with van der Waals surface area (Å²) < 4.78 is 23.3. The van der Waals surface area contributed by atoms with Crippen molar-refractivity contribution < 1.29 is 20.9 Å². The lowest BCUT2D eigenvalue weighted by Crippen LogP contribution is -2.31. The van der Waals surface area contributed by atoms with Crippen molar-refractivity contribution in [2.24, 2.45) is 11.8 Å². The molecular formula is C22H44AlO5+. The van der Waals surface area contributed by atoms with Crippen molar-refractivity contribution in [3.8, 4) is 0 Å². The Morgan fingerprint density at radius 3 is 1.79 bits per heavy atom. The van der Waals surface area contributed by atoms with Gasteiger partial charge < -0.3 is 20.9 Å². The summed E-state index contributed by atoms with van der Waals surface area (Å²) in [5.74, 6) is 1.50. The van der Waals surface area contributed by atoms with Crippen LogP contribution in [0.5, 0.6) is 0 Å². The van der Waals surface area contributed by atoms with E-state index < -0.39 is 15.1 Å². The van der Waals surface area contributed by atoms with E-state index in [4.69, 9.17) is 16.1 Å². The lowest BCUT2D eigenvalue weighted by Gasteiger charge is -2.21. The molecule has 2 atom stereocenters. The van der Waals surface area contributed by atoms with Crippen molar-refractivity contribution in [3.05, 3.63) is 11.8 Å². The fourth-order valence-electron chi connectivity index (χ4n) is 2.89. The van der Waals surface area contributed by atoms with E-state index in [0.717, 1.165) is 12.8 Å². The summed E-state index contributed by atoms with van der Waals surface area (Å²) in [6.07, 6.45) is 10.9. The molecule has 0 aliphatic carbocycles. The quantitative estimate of drug-likeness (QED) is 0.0920. The van der Waals surface area contributed by atoms with Crippen LogP contribution in [0, 0.1) is 11.8 Å². The summed E-state index contributed by atoms with van der Waals surface area (Å²) in [4.78, 5) is 9.71. The molecule has 0 spiro atoms. The molecule has 0 aromatic carbocycles. The van der Waals surface area contributed by atoms with Gasteiger partial charge in [0.05, 0.1) is 5.76 Å². The number of ether oxygens (including phenoxy) is 1. The van der Waals surface area contributed by atoms with Gasteiger partial charge in [0.1, 0.15) is 6.08 Å². The molecule has 0 aromatic rings. The Balaban J connectivity index is 4.81. The van der Waals surface area contributed by atoms with Crippen LogP contribution in [-0.4, -0.2) is 45.7 Å². The smallest absolute Gasteiger partial charge is 0.602 e. The van der Waals surface area contributed by atoms with E-state index in [9.17, 15) is 4.79 Å². The summed E-state index contributed by atoms with van der Waals surface area (Å²) in [5.41, 5.74) is 0. The molecule has 0 fully saturated rings. The summed E-state index contributed by atoms with van der Waals surface area (Å²) in [5, 5.41) is 0. The first-order valence-electron chi connectivity index (χ1n) is 11.3. The van der Waals surface area contributed by atoms with Gasteiger partial charge in [0.25, 0.3) is 0 Å². The molecule has 164 valence electrons. The Morgan fingerprint density at radius 2 is 1.39 bits per heavy atom. The van der Waals surface area contributed by atoms with Crippen molar-refractivity contribution in [1.29, 1.82) is 0 Å². The molecule has 0 aliphatic heterocycles. The van der Waals surface area contributed by atoms with Crippen LogP contribution in [0.1, 0.15) is 92.9 Å². The van der Waals surface area contributed by atoms with Crippen LogP contribution in [0.2, 0.25) is 0 Å². The molecule has 6 heteroatoms. The predicted molar refractivity (Wildman–Crippen MR) is 118 cm³/mol. The van der Waals surface area contributed by atoms with Gasteiger partial charge in [-0.1, -0.05) is 66.2 Å². The van der Waals surface area contributed by atoms with Crippen LogP contribution in [0.15, 0.2) is 11.8 Å². The van der Waals surface area contributed by atoms with Gasteiger partial charge in [0.15, 0.2) is 6.61 Å². The largest absolute Gasteiger partial charge is 1.00 e. The predicted octanol–water partition coefficient (Wildman–Crippen LogP) is 5.90. The molecule has 0 saturated carbocycles. The van der Waals surface area contributed by atoms with Gasteiger partial charge in [-0.3, -0.25) is 0 Å². The Morgan fingerprint density at radius 1 is 0.893 bits per heavy atom. The number of esters is 1. The molecule has 0 aromatic heterocycles. The highest BCUT2D eigenvalue weighted by Crippen LogP contribution is 2.17. The minimum Gasteiger partial charge on any atom is -0.602 e. The van der Waals surface area contributed by atoms with Gasteiger partial charge in [-0.05, 0) is 38.5 Å². The number of rotatable bonds is 18. The third kappa shape index (κ3) is 14.5. The Hall–Kier alpha value is -0.538. The highest BCUT2D eigenvalue weighted by molar-refractivity contribution is 6.36. The van der Waals surface area contributed by atoms with Gasteiger partial charge in [-0.2, -0.15) is 0 Å². The zero-order chi connectivity index (χ0) is 21.2. The van der Waals surface area contributed by atoms with E-state index >= 15 is 0 Å². The van der Waals surface area contributed by atoms with E-state index in [1.165, 1.54) is 44.6 Å². The van der Waals surface area contributed by atoms with E-state index in [0.29, 0.717) is 37.4 Å². The van der Waals surface area contributed by atoms with E-state index in [-0.39, 0.29) is 5.97 Å². The first kappa shape index (κ1) is 27.5. The second kappa shape index (κ2) is 18.5.